The summed E-state index contributed by atoms with van der Waals surface area (Å²) >= 11 is 0. The number of carbonyl (C=O) groups excluding carboxylic acids is 1. The van der Waals surface area contributed by atoms with Crippen LogP contribution in [0.15, 0.2) is 36.4 Å². The number of aryl methyl sites for hydroxylation is 1. The number of hydrogen-bond donors (Lipinski definition) is 1. The van der Waals surface area contributed by atoms with Gasteiger partial charge in [0.1, 0.15) is 23.1 Å². The van der Waals surface area contributed by atoms with Crippen molar-refractivity contribution >= 4 is 5.91 Å². The van der Waals surface area contributed by atoms with E-state index >= 15 is 0 Å². The van der Waals surface area contributed by atoms with Crippen LogP contribution in [0.3, 0.4) is 0 Å². The van der Waals surface area contributed by atoms with Gasteiger partial charge in [0.2, 0.25) is 5.91 Å². The van der Waals surface area contributed by atoms with Gasteiger partial charge in [-0.15, -0.1) is 0 Å². The SMILES string of the molecule is COc1ccc(OC)c(CCC(=O)NC(C)Cc2c(F)cccc2F)c1. The van der Waals surface area contributed by atoms with Crippen LogP contribution in [0.2, 0.25) is 0 Å². The van der Waals surface area contributed by atoms with E-state index in [-0.39, 0.29) is 30.4 Å². The van der Waals surface area contributed by atoms with Crippen molar-refractivity contribution in [3.8, 4) is 11.5 Å². The van der Waals surface area contributed by atoms with Gasteiger partial charge in [0, 0.05) is 18.0 Å². The molecule has 0 aromatic heterocycles. The summed E-state index contributed by atoms with van der Waals surface area (Å²) in [5, 5.41) is 2.77. The number of nitrogens with one attached hydrogen (secondary N) is 1. The molecule has 1 unspecified atom stereocenters. The minimum Gasteiger partial charge on any atom is -0.497 e. The minimum absolute atomic E-state index is 0.0187. The number of ether oxygens (including phenoxy) is 2. The standard InChI is InChI=1S/C20H23F2NO3/c1-13(11-16-17(21)5-4-6-18(16)22)23-20(24)10-7-14-12-15(25-2)8-9-19(14)26-3/h4-6,8-9,12-13H,7,10-11H2,1-3H3,(H,23,24). The number of hydrogen-bond acceptors (Lipinski definition) is 3. The number of halogens is 2. The van der Waals surface area contributed by atoms with E-state index in [2.05, 4.69) is 5.32 Å². The van der Waals surface area contributed by atoms with Gasteiger partial charge < -0.3 is 14.8 Å². The normalized spacial score (nSPS) is 11.7. The fourth-order valence-corrected chi connectivity index (χ4v) is 2.76. The predicted molar refractivity (Wildman–Crippen MR) is 95.5 cm³/mol. The Bertz CT molecular complexity index is 744. The Labute approximate surface area is 152 Å². The fraction of sp³-hybridized carbons (Fsp3) is 0.350. The second-order valence-electron chi connectivity index (χ2n) is 6.05. The molecule has 2 rings (SSSR count). The second kappa shape index (κ2) is 9.17. The van der Waals surface area contributed by atoms with Crippen LogP contribution in [-0.2, 0) is 17.6 Å². The highest BCUT2D eigenvalue weighted by Crippen LogP contribution is 2.25. The lowest BCUT2D eigenvalue weighted by Gasteiger charge is -2.15. The van der Waals surface area contributed by atoms with Crippen molar-refractivity contribution in [2.45, 2.75) is 32.2 Å². The van der Waals surface area contributed by atoms with E-state index in [9.17, 15) is 13.6 Å². The van der Waals surface area contributed by atoms with E-state index in [1.807, 2.05) is 6.07 Å². The minimum atomic E-state index is -0.604. The van der Waals surface area contributed by atoms with Crippen molar-refractivity contribution in [3.05, 3.63) is 59.2 Å². The van der Waals surface area contributed by atoms with Gasteiger partial charge in [-0.2, -0.15) is 0 Å². The molecule has 2 aromatic carbocycles. The molecular formula is C20H23F2NO3. The molecule has 0 bridgehead atoms. The summed E-state index contributed by atoms with van der Waals surface area (Å²) in [5.41, 5.74) is 0.838. The van der Waals surface area contributed by atoms with E-state index in [0.717, 1.165) is 5.56 Å². The zero-order valence-corrected chi connectivity index (χ0v) is 15.1. The molecule has 0 heterocycles. The van der Waals surface area contributed by atoms with E-state index in [1.54, 1.807) is 33.3 Å². The van der Waals surface area contributed by atoms with Crippen molar-refractivity contribution in [3.63, 3.8) is 0 Å². The first-order valence-corrected chi connectivity index (χ1v) is 8.37. The zero-order valence-electron chi connectivity index (χ0n) is 15.1. The maximum atomic E-state index is 13.7. The Kier molecular flexibility index (Phi) is 6.95. The molecule has 1 amide bonds. The van der Waals surface area contributed by atoms with Gasteiger partial charge in [0.15, 0.2) is 0 Å². The smallest absolute Gasteiger partial charge is 0.220 e. The molecule has 26 heavy (non-hydrogen) atoms. The van der Waals surface area contributed by atoms with Crippen molar-refractivity contribution in [1.29, 1.82) is 0 Å². The summed E-state index contributed by atoms with van der Waals surface area (Å²) < 4.78 is 37.9. The van der Waals surface area contributed by atoms with Gasteiger partial charge in [-0.25, -0.2) is 8.78 Å². The highest BCUT2D eigenvalue weighted by molar-refractivity contribution is 5.76. The summed E-state index contributed by atoms with van der Waals surface area (Å²) in [6.07, 6.45) is 0.785. The maximum Gasteiger partial charge on any atom is 0.220 e. The summed E-state index contributed by atoms with van der Waals surface area (Å²) in [7, 11) is 3.14. The lowest BCUT2D eigenvalue weighted by atomic mass is 10.0. The van der Waals surface area contributed by atoms with Gasteiger partial charge in [-0.3, -0.25) is 4.79 Å². The Morgan fingerprint density at radius 3 is 2.42 bits per heavy atom. The van der Waals surface area contributed by atoms with Gasteiger partial charge >= 0.3 is 0 Å². The molecule has 0 aliphatic carbocycles. The van der Waals surface area contributed by atoms with Crippen LogP contribution >= 0.6 is 0 Å². The molecule has 0 spiro atoms. The molecule has 1 N–H and O–H groups in total. The van der Waals surface area contributed by atoms with Gasteiger partial charge in [0.25, 0.3) is 0 Å². The molecule has 1 atom stereocenters. The van der Waals surface area contributed by atoms with E-state index in [0.29, 0.717) is 17.9 Å². The summed E-state index contributed by atoms with van der Waals surface area (Å²) in [4.78, 5) is 12.2. The topological polar surface area (TPSA) is 47.6 Å². The Morgan fingerprint density at radius 2 is 1.81 bits per heavy atom. The lowest BCUT2D eigenvalue weighted by molar-refractivity contribution is -0.121. The van der Waals surface area contributed by atoms with Crippen LogP contribution in [0.5, 0.6) is 11.5 Å². The van der Waals surface area contributed by atoms with Gasteiger partial charge in [0.05, 0.1) is 14.2 Å². The summed E-state index contributed by atoms with van der Waals surface area (Å²) in [5.74, 6) is -0.0387. The molecule has 0 saturated carbocycles. The number of amides is 1. The van der Waals surface area contributed by atoms with Crippen molar-refractivity contribution in [1.82, 2.24) is 5.32 Å². The van der Waals surface area contributed by atoms with Crippen LogP contribution < -0.4 is 14.8 Å². The van der Waals surface area contributed by atoms with Crippen LogP contribution in [0.1, 0.15) is 24.5 Å². The largest absolute Gasteiger partial charge is 0.497 e. The maximum absolute atomic E-state index is 13.7. The molecule has 4 nitrogen and oxygen atoms in total. The van der Waals surface area contributed by atoms with Crippen molar-refractivity contribution in [2.75, 3.05) is 14.2 Å². The fourth-order valence-electron chi connectivity index (χ4n) is 2.76. The Morgan fingerprint density at radius 1 is 1.12 bits per heavy atom. The average Bonchev–Trinajstić information content (AvgIpc) is 2.62. The third-order valence-corrected chi connectivity index (χ3v) is 4.09. The average molecular weight is 363 g/mol. The van der Waals surface area contributed by atoms with E-state index in [1.165, 1.54) is 18.2 Å². The molecule has 140 valence electrons. The Hall–Kier alpha value is -2.63. The molecule has 0 fully saturated rings. The molecular weight excluding hydrogens is 340 g/mol. The van der Waals surface area contributed by atoms with Crippen LogP contribution in [0, 0.1) is 11.6 Å². The van der Waals surface area contributed by atoms with E-state index < -0.39 is 11.6 Å². The molecule has 0 saturated heterocycles. The van der Waals surface area contributed by atoms with Crippen LogP contribution in [0.4, 0.5) is 8.78 Å². The second-order valence-corrected chi connectivity index (χ2v) is 6.05. The number of benzene rings is 2. The summed E-state index contributed by atoms with van der Waals surface area (Å²) in [6.45, 7) is 1.72. The Balaban J connectivity index is 1.92. The van der Waals surface area contributed by atoms with Crippen molar-refractivity contribution in [2.24, 2.45) is 0 Å². The first kappa shape index (κ1) is 19.7. The first-order chi connectivity index (χ1) is 12.4. The molecule has 6 heteroatoms. The number of methoxy groups -OCH3 is 2. The van der Waals surface area contributed by atoms with Gasteiger partial charge in [-0.1, -0.05) is 6.07 Å². The van der Waals surface area contributed by atoms with E-state index in [4.69, 9.17) is 9.47 Å². The lowest BCUT2D eigenvalue weighted by Crippen LogP contribution is -2.34. The molecule has 0 aliphatic rings. The predicted octanol–water partition coefficient (Wildman–Crippen LogP) is 3.66. The number of rotatable bonds is 8. The monoisotopic (exact) mass is 363 g/mol. The van der Waals surface area contributed by atoms with Crippen LogP contribution in [-0.4, -0.2) is 26.2 Å². The quantitative estimate of drug-likeness (QED) is 0.779. The third-order valence-electron chi connectivity index (χ3n) is 4.09. The van der Waals surface area contributed by atoms with Crippen LogP contribution in [0.25, 0.3) is 0 Å². The number of carbonyl (C=O) groups is 1. The van der Waals surface area contributed by atoms with Crippen molar-refractivity contribution < 1.29 is 23.0 Å². The first-order valence-electron chi connectivity index (χ1n) is 8.37. The zero-order chi connectivity index (χ0) is 19.1. The summed E-state index contributed by atoms with van der Waals surface area (Å²) in [6, 6.07) is 8.75. The highest BCUT2D eigenvalue weighted by atomic mass is 19.1. The molecule has 0 aliphatic heterocycles. The highest BCUT2D eigenvalue weighted by Gasteiger charge is 2.15. The third kappa shape index (κ3) is 5.18. The molecule has 2 aromatic rings. The molecule has 0 radical (unpaired) electrons. The van der Waals surface area contributed by atoms with Gasteiger partial charge in [-0.05, 0) is 55.7 Å².